The number of nitrogens with zero attached hydrogens (tertiary/aromatic N) is 4. The number of nitrogens with two attached hydrogens (primary N) is 1. The third kappa shape index (κ3) is 4.08. The van der Waals surface area contributed by atoms with Crippen LogP contribution >= 0.6 is 0 Å². The van der Waals surface area contributed by atoms with Crippen LogP contribution in [0.1, 0.15) is 36.8 Å². The minimum absolute atomic E-state index is 0.0491. The number of hydrogen-bond acceptors (Lipinski definition) is 6. The second kappa shape index (κ2) is 7.34. The quantitative estimate of drug-likeness (QED) is 0.501. The summed E-state index contributed by atoms with van der Waals surface area (Å²) in [6, 6.07) is 11.3. The van der Waals surface area contributed by atoms with E-state index in [-0.39, 0.29) is 11.3 Å². The predicted octanol–water partition coefficient (Wildman–Crippen LogP) is 3.76. The van der Waals surface area contributed by atoms with E-state index in [9.17, 15) is 14.9 Å². The maximum Gasteiger partial charge on any atom is 0.269 e. The van der Waals surface area contributed by atoms with Gasteiger partial charge in [-0.2, -0.15) is 5.10 Å². The fourth-order valence-electron chi connectivity index (χ4n) is 2.93. The van der Waals surface area contributed by atoms with Crippen LogP contribution in [0.25, 0.3) is 11.3 Å². The monoisotopic (exact) mass is 394 g/mol. The number of anilines is 2. The molecule has 3 N–H and O–H groups in total. The van der Waals surface area contributed by atoms with Gasteiger partial charge in [0.1, 0.15) is 22.9 Å². The first kappa shape index (κ1) is 20.0. The zero-order chi connectivity index (χ0) is 21.3. The number of aryl methyl sites for hydroxylation is 1. The normalized spacial score (nSPS) is 11.3. The first-order valence-electron chi connectivity index (χ1n) is 8.96. The van der Waals surface area contributed by atoms with Crippen molar-refractivity contribution in [2.45, 2.75) is 33.2 Å². The third-order valence-electron chi connectivity index (χ3n) is 4.25. The fourth-order valence-corrected chi connectivity index (χ4v) is 2.93. The van der Waals surface area contributed by atoms with E-state index in [0.717, 1.165) is 5.69 Å². The summed E-state index contributed by atoms with van der Waals surface area (Å²) in [4.78, 5) is 27.3. The number of nitrogens with one attached hydrogen (secondary N) is 1. The van der Waals surface area contributed by atoms with Crippen LogP contribution in [0.4, 0.5) is 17.3 Å². The molecule has 0 fully saturated rings. The number of primary amides is 1. The summed E-state index contributed by atoms with van der Waals surface area (Å²) < 4.78 is 1.67. The van der Waals surface area contributed by atoms with Crippen molar-refractivity contribution < 1.29 is 9.72 Å². The summed E-state index contributed by atoms with van der Waals surface area (Å²) >= 11 is 0. The molecule has 0 aliphatic heterocycles. The second-order valence-electron chi connectivity index (χ2n) is 7.61. The number of non-ortho nitro benzene ring substituents is 1. The summed E-state index contributed by atoms with van der Waals surface area (Å²) in [6.45, 7) is 7.70. The number of carbonyl (C=O) groups excluding carboxylic acids is 1. The van der Waals surface area contributed by atoms with E-state index in [1.165, 1.54) is 12.1 Å². The standard InChI is InChI=1S/C20H22N6O3/c1-12-6-5-7-15(22-12)23-19-16(18(21)27)17(24-25(19)20(2,3)4)13-8-10-14(11-9-13)26(28)29/h5-11H,1-4H3,(H2,21,27)(H,22,23). The lowest BCUT2D eigenvalue weighted by molar-refractivity contribution is -0.384. The molecule has 0 saturated carbocycles. The number of rotatable bonds is 5. The van der Waals surface area contributed by atoms with Gasteiger partial charge in [-0.1, -0.05) is 6.07 Å². The van der Waals surface area contributed by atoms with Crippen LogP contribution in [0, 0.1) is 17.0 Å². The predicted molar refractivity (Wildman–Crippen MR) is 110 cm³/mol. The van der Waals surface area contributed by atoms with Gasteiger partial charge < -0.3 is 11.1 Å². The number of carbonyl (C=O) groups is 1. The van der Waals surface area contributed by atoms with Gasteiger partial charge in [0.25, 0.3) is 11.6 Å². The minimum atomic E-state index is -0.663. The van der Waals surface area contributed by atoms with Gasteiger partial charge in [0.2, 0.25) is 0 Å². The van der Waals surface area contributed by atoms with Gasteiger partial charge in [0.15, 0.2) is 0 Å². The molecule has 29 heavy (non-hydrogen) atoms. The molecule has 9 heteroatoms. The van der Waals surface area contributed by atoms with Crippen molar-refractivity contribution in [3.05, 3.63) is 63.8 Å². The highest BCUT2D eigenvalue weighted by molar-refractivity contribution is 6.04. The number of aromatic nitrogens is 3. The van der Waals surface area contributed by atoms with Gasteiger partial charge in [0.05, 0.1) is 10.5 Å². The van der Waals surface area contributed by atoms with Crippen LogP contribution in [0.2, 0.25) is 0 Å². The summed E-state index contributed by atoms with van der Waals surface area (Å²) in [7, 11) is 0. The second-order valence-corrected chi connectivity index (χ2v) is 7.61. The van der Waals surface area contributed by atoms with E-state index in [0.29, 0.717) is 22.9 Å². The van der Waals surface area contributed by atoms with E-state index < -0.39 is 16.4 Å². The van der Waals surface area contributed by atoms with Crippen LogP contribution in [-0.2, 0) is 5.54 Å². The van der Waals surface area contributed by atoms with Crippen molar-refractivity contribution in [2.24, 2.45) is 5.73 Å². The van der Waals surface area contributed by atoms with Gasteiger partial charge in [-0.05, 0) is 52.0 Å². The highest BCUT2D eigenvalue weighted by Gasteiger charge is 2.29. The average Bonchev–Trinajstić information content (AvgIpc) is 3.01. The van der Waals surface area contributed by atoms with E-state index in [1.54, 1.807) is 22.9 Å². The molecule has 1 aromatic carbocycles. The highest BCUT2D eigenvalue weighted by Crippen LogP contribution is 2.34. The van der Waals surface area contributed by atoms with Crippen LogP contribution < -0.4 is 11.1 Å². The number of benzene rings is 1. The first-order valence-corrected chi connectivity index (χ1v) is 8.96. The molecule has 150 valence electrons. The van der Waals surface area contributed by atoms with Crippen LogP contribution in [0.5, 0.6) is 0 Å². The largest absolute Gasteiger partial charge is 0.365 e. The summed E-state index contributed by atoms with van der Waals surface area (Å²) in [5.74, 6) is 0.300. The smallest absolute Gasteiger partial charge is 0.269 e. The Morgan fingerprint density at radius 3 is 2.34 bits per heavy atom. The van der Waals surface area contributed by atoms with E-state index in [2.05, 4.69) is 15.4 Å². The maximum absolute atomic E-state index is 12.4. The van der Waals surface area contributed by atoms with E-state index >= 15 is 0 Å². The molecule has 3 rings (SSSR count). The molecular formula is C20H22N6O3. The number of amides is 1. The van der Waals surface area contributed by atoms with Crippen molar-refractivity contribution in [3.63, 3.8) is 0 Å². The zero-order valence-electron chi connectivity index (χ0n) is 16.6. The van der Waals surface area contributed by atoms with Crippen molar-refractivity contribution in [2.75, 3.05) is 5.32 Å². The van der Waals surface area contributed by atoms with E-state index in [1.807, 2.05) is 39.8 Å². The van der Waals surface area contributed by atoms with Crippen LogP contribution in [-0.4, -0.2) is 25.6 Å². The van der Waals surface area contributed by atoms with Crippen molar-refractivity contribution in [1.29, 1.82) is 0 Å². The molecule has 0 radical (unpaired) electrons. The number of pyridine rings is 1. The lowest BCUT2D eigenvalue weighted by Crippen LogP contribution is -2.25. The number of nitro benzene ring substituents is 1. The Morgan fingerprint density at radius 2 is 1.83 bits per heavy atom. The third-order valence-corrected chi connectivity index (χ3v) is 4.25. The SMILES string of the molecule is Cc1cccc(Nc2c(C(N)=O)c(-c3ccc([N+](=O)[O-])cc3)nn2C(C)(C)C)n1. The van der Waals surface area contributed by atoms with E-state index in [4.69, 9.17) is 5.73 Å². The molecule has 0 unspecified atom stereocenters. The average molecular weight is 394 g/mol. The van der Waals surface area contributed by atoms with Crippen molar-refractivity contribution in [3.8, 4) is 11.3 Å². The molecule has 0 bridgehead atoms. The summed E-state index contributed by atoms with van der Waals surface area (Å²) in [6.07, 6.45) is 0. The Bertz CT molecular complexity index is 1080. The number of nitro groups is 1. The van der Waals surface area contributed by atoms with Crippen molar-refractivity contribution >= 4 is 23.2 Å². The van der Waals surface area contributed by atoms with Gasteiger partial charge in [0, 0.05) is 23.4 Å². The zero-order valence-corrected chi connectivity index (χ0v) is 16.6. The van der Waals surface area contributed by atoms with Gasteiger partial charge >= 0.3 is 0 Å². The van der Waals surface area contributed by atoms with Gasteiger partial charge in [-0.25, -0.2) is 9.67 Å². The molecule has 2 heterocycles. The molecule has 0 saturated heterocycles. The van der Waals surface area contributed by atoms with Gasteiger partial charge in [-0.3, -0.25) is 14.9 Å². The first-order chi connectivity index (χ1) is 13.6. The summed E-state index contributed by atoms with van der Waals surface area (Å²) in [5.41, 5.74) is 7.08. The molecule has 0 aliphatic rings. The molecule has 0 atom stereocenters. The topological polar surface area (TPSA) is 129 Å². The molecule has 0 spiro atoms. The lowest BCUT2D eigenvalue weighted by atomic mass is 10.1. The summed E-state index contributed by atoms with van der Waals surface area (Å²) in [5, 5.41) is 18.7. The molecule has 9 nitrogen and oxygen atoms in total. The molecular weight excluding hydrogens is 372 g/mol. The Balaban J connectivity index is 2.20. The van der Waals surface area contributed by atoms with Gasteiger partial charge in [-0.15, -0.1) is 0 Å². The van der Waals surface area contributed by atoms with Crippen LogP contribution in [0.15, 0.2) is 42.5 Å². The van der Waals surface area contributed by atoms with Crippen molar-refractivity contribution in [1.82, 2.24) is 14.8 Å². The molecule has 1 amide bonds. The van der Waals surface area contributed by atoms with Crippen LogP contribution in [0.3, 0.4) is 0 Å². The Morgan fingerprint density at radius 1 is 1.17 bits per heavy atom. The molecule has 0 aliphatic carbocycles. The fraction of sp³-hybridized carbons (Fsp3) is 0.250. The Kier molecular flexibility index (Phi) is 5.06. The highest BCUT2D eigenvalue weighted by atomic mass is 16.6. The Hall–Kier alpha value is -3.75. The number of hydrogen-bond donors (Lipinski definition) is 2. The molecule has 2 aromatic heterocycles. The minimum Gasteiger partial charge on any atom is -0.365 e. The lowest BCUT2D eigenvalue weighted by Gasteiger charge is -2.23. The maximum atomic E-state index is 12.4. The molecule has 3 aromatic rings. The Labute approximate surface area is 167 Å².